The first-order chi connectivity index (χ1) is 6.24. The largest absolute Gasteiger partial charge is 0.392 e. The van der Waals surface area contributed by atoms with E-state index in [1.807, 2.05) is 6.92 Å². The molecule has 2 unspecified atom stereocenters. The van der Waals surface area contributed by atoms with Crippen LogP contribution >= 0.6 is 0 Å². The topological polar surface area (TPSA) is 35.5 Å². The molecule has 0 aromatic carbocycles. The number of hydrogen-bond donors (Lipinski definition) is 2. The second-order valence-corrected chi connectivity index (χ2v) is 4.54. The van der Waals surface area contributed by atoms with Gasteiger partial charge in [0.15, 0.2) is 0 Å². The third kappa shape index (κ3) is 2.42. The van der Waals surface area contributed by atoms with Crippen molar-refractivity contribution in [3.63, 3.8) is 0 Å². The minimum atomic E-state index is -0.184. The molecule has 0 radical (unpaired) electrons. The second-order valence-electron chi connectivity index (χ2n) is 4.54. The Balaban J connectivity index is 1.86. The summed E-state index contributed by atoms with van der Waals surface area (Å²) in [7, 11) is 0. The van der Waals surface area contributed by atoms with Gasteiger partial charge in [-0.3, -0.25) is 4.90 Å². The van der Waals surface area contributed by atoms with E-state index in [0.717, 1.165) is 25.7 Å². The van der Waals surface area contributed by atoms with E-state index in [1.54, 1.807) is 0 Å². The molecule has 0 aliphatic carbocycles. The van der Waals surface area contributed by atoms with Crippen LogP contribution in [0.1, 0.15) is 26.2 Å². The molecule has 2 rings (SSSR count). The molecular formula is C10H20N2O. The van der Waals surface area contributed by atoms with Crippen LogP contribution in [-0.4, -0.2) is 47.8 Å². The average Bonchev–Trinajstić information content (AvgIpc) is 2.36. The highest BCUT2D eigenvalue weighted by Gasteiger charge is 2.29. The van der Waals surface area contributed by atoms with Crippen molar-refractivity contribution in [3.8, 4) is 0 Å². The molecule has 2 heterocycles. The van der Waals surface area contributed by atoms with E-state index >= 15 is 0 Å². The summed E-state index contributed by atoms with van der Waals surface area (Å²) in [5.41, 5.74) is 0. The number of rotatable bonds is 2. The summed E-state index contributed by atoms with van der Waals surface area (Å²) >= 11 is 0. The fraction of sp³-hybridized carbons (Fsp3) is 1.00. The van der Waals surface area contributed by atoms with Gasteiger partial charge in [-0.2, -0.15) is 0 Å². The van der Waals surface area contributed by atoms with Crippen molar-refractivity contribution >= 4 is 0 Å². The van der Waals surface area contributed by atoms with Gasteiger partial charge in [-0.1, -0.05) is 0 Å². The van der Waals surface area contributed by atoms with Gasteiger partial charge in [0.05, 0.1) is 6.10 Å². The van der Waals surface area contributed by atoms with Crippen LogP contribution < -0.4 is 5.32 Å². The average molecular weight is 184 g/mol. The SMILES string of the molecule is C[C@@H](O)CN1CCC2CCC(C1)N2. The van der Waals surface area contributed by atoms with Gasteiger partial charge in [0, 0.05) is 25.2 Å². The summed E-state index contributed by atoms with van der Waals surface area (Å²) in [5, 5.41) is 12.9. The van der Waals surface area contributed by atoms with Crippen LogP contribution in [0.5, 0.6) is 0 Å². The van der Waals surface area contributed by atoms with E-state index in [4.69, 9.17) is 0 Å². The molecule has 76 valence electrons. The van der Waals surface area contributed by atoms with Crippen molar-refractivity contribution in [3.05, 3.63) is 0 Å². The molecule has 2 saturated heterocycles. The molecule has 3 nitrogen and oxygen atoms in total. The smallest absolute Gasteiger partial charge is 0.0639 e. The number of nitrogens with zero attached hydrogens (tertiary/aromatic N) is 1. The van der Waals surface area contributed by atoms with E-state index in [0.29, 0.717) is 6.04 Å². The van der Waals surface area contributed by atoms with E-state index in [2.05, 4.69) is 10.2 Å². The number of aliphatic hydroxyl groups is 1. The molecule has 2 N–H and O–H groups in total. The normalized spacial score (nSPS) is 37.4. The molecule has 2 fully saturated rings. The van der Waals surface area contributed by atoms with Gasteiger partial charge in [-0.05, 0) is 32.7 Å². The van der Waals surface area contributed by atoms with Crippen LogP contribution in [0.2, 0.25) is 0 Å². The Labute approximate surface area is 80.1 Å². The molecule has 2 aliphatic rings. The van der Waals surface area contributed by atoms with E-state index in [1.165, 1.54) is 19.3 Å². The first-order valence-corrected chi connectivity index (χ1v) is 5.40. The number of likely N-dealkylation sites (tertiary alicyclic amines) is 1. The lowest BCUT2D eigenvalue weighted by molar-refractivity contribution is 0.123. The van der Waals surface area contributed by atoms with E-state index in [-0.39, 0.29) is 6.10 Å². The predicted octanol–water partition coefficient (Wildman–Crippen LogP) is 0.194. The Morgan fingerprint density at radius 3 is 2.92 bits per heavy atom. The minimum Gasteiger partial charge on any atom is -0.392 e. The first kappa shape index (κ1) is 9.44. The van der Waals surface area contributed by atoms with Crippen molar-refractivity contribution in [2.24, 2.45) is 0 Å². The molecular weight excluding hydrogens is 164 g/mol. The molecule has 2 bridgehead atoms. The molecule has 0 amide bonds. The Bertz CT molecular complexity index is 172. The maximum absolute atomic E-state index is 9.30. The zero-order valence-electron chi connectivity index (χ0n) is 8.37. The van der Waals surface area contributed by atoms with Crippen LogP contribution in [0.25, 0.3) is 0 Å². The van der Waals surface area contributed by atoms with Crippen LogP contribution in [0, 0.1) is 0 Å². The number of aliphatic hydroxyl groups excluding tert-OH is 1. The zero-order chi connectivity index (χ0) is 9.26. The molecule has 3 heteroatoms. The van der Waals surface area contributed by atoms with Crippen LogP contribution in [0.15, 0.2) is 0 Å². The highest BCUT2D eigenvalue weighted by Crippen LogP contribution is 2.20. The highest BCUT2D eigenvalue weighted by atomic mass is 16.3. The van der Waals surface area contributed by atoms with Gasteiger partial charge < -0.3 is 10.4 Å². The lowest BCUT2D eigenvalue weighted by Gasteiger charge is -2.24. The Morgan fingerprint density at radius 1 is 1.38 bits per heavy atom. The van der Waals surface area contributed by atoms with Crippen molar-refractivity contribution < 1.29 is 5.11 Å². The fourth-order valence-corrected chi connectivity index (χ4v) is 2.55. The van der Waals surface area contributed by atoms with Crippen molar-refractivity contribution in [2.75, 3.05) is 19.6 Å². The summed E-state index contributed by atoms with van der Waals surface area (Å²) in [6, 6.07) is 1.44. The van der Waals surface area contributed by atoms with Gasteiger partial charge in [-0.15, -0.1) is 0 Å². The van der Waals surface area contributed by atoms with Gasteiger partial charge in [0.25, 0.3) is 0 Å². The summed E-state index contributed by atoms with van der Waals surface area (Å²) in [4.78, 5) is 2.39. The molecule has 0 spiro atoms. The number of nitrogens with one attached hydrogen (secondary N) is 1. The minimum absolute atomic E-state index is 0.184. The standard InChI is InChI=1S/C10H20N2O/c1-8(13)6-12-5-4-9-2-3-10(7-12)11-9/h8-11,13H,2-7H2,1H3/t8-,9?,10?/m1/s1. The first-order valence-electron chi connectivity index (χ1n) is 5.40. The van der Waals surface area contributed by atoms with Crippen LogP contribution in [0.3, 0.4) is 0 Å². The lowest BCUT2D eigenvalue weighted by Crippen LogP contribution is -2.38. The zero-order valence-corrected chi connectivity index (χ0v) is 8.37. The molecule has 2 aliphatic heterocycles. The van der Waals surface area contributed by atoms with Crippen molar-refractivity contribution in [1.82, 2.24) is 10.2 Å². The number of fused-ring (bicyclic) bond motifs is 2. The number of β-amino-alcohol motifs (C(OH)–C–C–N with tert-alkyl or cyclic N) is 1. The summed E-state index contributed by atoms with van der Waals surface area (Å²) in [6.45, 7) is 4.99. The lowest BCUT2D eigenvalue weighted by atomic mass is 10.1. The monoisotopic (exact) mass is 184 g/mol. The quantitative estimate of drug-likeness (QED) is 0.643. The van der Waals surface area contributed by atoms with Gasteiger partial charge in [-0.25, -0.2) is 0 Å². The summed E-state index contributed by atoms with van der Waals surface area (Å²) in [5.74, 6) is 0. The van der Waals surface area contributed by atoms with Crippen molar-refractivity contribution in [2.45, 2.75) is 44.4 Å². The second kappa shape index (κ2) is 3.95. The Morgan fingerprint density at radius 2 is 2.15 bits per heavy atom. The van der Waals surface area contributed by atoms with Gasteiger partial charge in [0.2, 0.25) is 0 Å². The molecule has 0 aromatic rings. The molecule has 0 aromatic heterocycles. The maximum Gasteiger partial charge on any atom is 0.0639 e. The fourth-order valence-electron chi connectivity index (χ4n) is 2.55. The Hall–Kier alpha value is -0.120. The van der Waals surface area contributed by atoms with Gasteiger partial charge >= 0.3 is 0 Å². The summed E-state index contributed by atoms with van der Waals surface area (Å²) in [6.07, 6.45) is 3.74. The van der Waals surface area contributed by atoms with Gasteiger partial charge in [0.1, 0.15) is 0 Å². The van der Waals surface area contributed by atoms with Crippen LogP contribution in [-0.2, 0) is 0 Å². The molecule has 3 atom stereocenters. The Kier molecular flexibility index (Phi) is 2.86. The predicted molar refractivity (Wildman–Crippen MR) is 52.7 cm³/mol. The number of hydrogen-bond acceptors (Lipinski definition) is 3. The maximum atomic E-state index is 9.30. The highest BCUT2D eigenvalue weighted by molar-refractivity contribution is 4.89. The third-order valence-corrected chi connectivity index (χ3v) is 3.13. The van der Waals surface area contributed by atoms with E-state index < -0.39 is 0 Å². The van der Waals surface area contributed by atoms with Crippen LogP contribution in [0.4, 0.5) is 0 Å². The van der Waals surface area contributed by atoms with E-state index in [9.17, 15) is 5.11 Å². The third-order valence-electron chi connectivity index (χ3n) is 3.13. The molecule has 0 saturated carbocycles. The molecule has 13 heavy (non-hydrogen) atoms. The van der Waals surface area contributed by atoms with Crippen molar-refractivity contribution in [1.29, 1.82) is 0 Å². The summed E-state index contributed by atoms with van der Waals surface area (Å²) < 4.78 is 0.